The van der Waals surface area contributed by atoms with Crippen LogP contribution in [0.15, 0.2) is 36.4 Å². The standard InChI is InChI=1S/C20H25ClN2O/c1-14-12-16(3)19(13-15(14)2)20(24)23(11-10-22(4)5)18-8-6-17(21)7-9-18/h6-9,12-13H,10-11H2,1-5H3. The maximum atomic E-state index is 13.2. The van der Waals surface area contributed by atoms with Crippen LogP contribution in [0.2, 0.25) is 5.02 Å². The van der Waals surface area contributed by atoms with Crippen LogP contribution in [0.1, 0.15) is 27.0 Å². The fourth-order valence-corrected chi connectivity index (χ4v) is 2.73. The lowest BCUT2D eigenvalue weighted by Crippen LogP contribution is -2.37. The van der Waals surface area contributed by atoms with E-state index in [0.717, 1.165) is 28.9 Å². The predicted octanol–water partition coefficient (Wildman–Crippen LogP) is 4.47. The van der Waals surface area contributed by atoms with Crippen molar-refractivity contribution in [1.82, 2.24) is 4.90 Å². The Balaban J connectivity index is 2.40. The van der Waals surface area contributed by atoms with Crippen molar-refractivity contribution in [3.05, 3.63) is 63.7 Å². The molecular weight excluding hydrogens is 320 g/mol. The molecule has 0 heterocycles. The van der Waals surface area contributed by atoms with E-state index in [4.69, 9.17) is 11.6 Å². The van der Waals surface area contributed by atoms with Crippen LogP contribution < -0.4 is 4.90 Å². The molecule has 0 atom stereocenters. The van der Waals surface area contributed by atoms with E-state index in [9.17, 15) is 4.79 Å². The third-order valence-corrected chi connectivity index (χ3v) is 4.48. The van der Waals surface area contributed by atoms with Crippen LogP contribution in [0.4, 0.5) is 5.69 Å². The van der Waals surface area contributed by atoms with E-state index in [1.807, 2.05) is 63.2 Å². The molecule has 0 saturated carbocycles. The van der Waals surface area contributed by atoms with E-state index in [-0.39, 0.29) is 5.91 Å². The molecule has 0 bridgehead atoms. The number of nitrogens with zero attached hydrogens (tertiary/aromatic N) is 2. The number of halogens is 1. The number of hydrogen-bond donors (Lipinski definition) is 0. The molecule has 1 amide bonds. The summed E-state index contributed by atoms with van der Waals surface area (Å²) in [5.74, 6) is 0.0276. The molecule has 0 N–H and O–H groups in total. The van der Waals surface area contributed by atoms with Crippen LogP contribution in [0, 0.1) is 20.8 Å². The minimum atomic E-state index is 0.0276. The molecule has 2 aromatic rings. The van der Waals surface area contributed by atoms with Gasteiger partial charge in [0.25, 0.3) is 5.91 Å². The predicted molar refractivity (Wildman–Crippen MR) is 102 cm³/mol. The van der Waals surface area contributed by atoms with Crippen LogP contribution in [-0.2, 0) is 0 Å². The van der Waals surface area contributed by atoms with Gasteiger partial charge in [-0.2, -0.15) is 0 Å². The summed E-state index contributed by atoms with van der Waals surface area (Å²) in [5, 5.41) is 0.668. The molecule has 4 heteroatoms. The molecule has 0 spiro atoms. The molecule has 24 heavy (non-hydrogen) atoms. The summed E-state index contributed by atoms with van der Waals surface area (Å²) in [7, 11) is 4.01. The molecular formula is C20H25ClN2O. The van der Waals surface area contributed by atoms with Gasteiger partial charge in [-0.05, 0) is 81.9 Å². The number of hydrogen-bond acceptors (Lipinski definition) is 2. The zero-order valence-corrected chi connectivity index (χ0v) is 15.8. The second kappa shape index (κ2) is 7.82. The number of amides is 1. The van der Waals surface area contributed by atoms with E-state index in [0.29, 0.717) is 11.6 Å². The van der Waals surface area contributed by atoms with Gasteiger partial charge < -0.3 is 9.80 Å². The number of aryl methyl sites for hydroxylation is 3. The molecule has 0 aliphatic heterocycles. The summed E-state index contributed by atoms with van der Waals surface area (Å²) < 4.78 is 0. The Hall–Kier alpha value is -1.84. The summed E-state index contributed by atoms with van der Waals surface area (Å²) in [6, 6.07) is 11.5. The lowest BCUT2D eigenvalue weighted by molar-refractivity contribution is 0.0984. The first-order valence-electron chi connectivity index (χ1n) is 8.09. The molecule has 2 aromatic carbocycles. The van der Waals surface area contributed by atoms with Gasteiger partial charge in [0.2, 0.25) is 0 Å². The van der Waals surface area contributed by atoms with Crippen molar-refractivity contribution in [3.63, 3.8) is 0 Å². The fraction of sp³-hybridized carbons (Fsp3) is 0.350. The van der Waals surface area contributed by atoms with E-state index in [1.54, 1.807) is 0 Å². The molecule has 0 aliphatic rings. The number of anilines is 1. The maximum Gasteiger partial charge on any atom is 0.258 e. The van der Waals surface area contributed by atoms with Crippen molar-refractivity contribution in [2.45, 2.75) is 20.8 Å². The van der Waals surface area contributed by atoms with Crippen molar-refractivity contribution >= 4 is 23.2 Å². The third kappa shape index (κ3) is 4.37. The van der Waals surface area contributed by atoms with Crippen LogP contribution in [0.3, 0.4) is 0 Å². The quantitative estimate of drug-likeness (QED) is 0.798. The molecule has 0 saturated heterocycles. The highest BCUT2D eigenvalue weighted by Gasteiger charge is 2.20. The van der Waals surface area contributed by atoms with E-state index < -0.39 is 0 Å². The fourth-order valence-electron chi connectivity index (χ4n) is 2.61. The second-order valence-electron chi connectivity index (χ2n) is 6.49. The molecule has 3 nitrogen and oxygen atoms in total. The minimum Gasteiger partial charge on any atom is -0.308 e. The number of carbonyl (C=O) groups is 1. The monoisotopic (exact) mass is 344 g/mol. The first-order valence-corrected chi connectivity index (χ1v) is 8.47. The Labute approximate surface area is 149 Å². The maximum absolute atomic E-state index is 13.2. The molecule has 0 unspecified atom stereocenters. The topological polar surface area (TPSA) is 23.6 Å². The number of benzene rings is 2. The lowest BCUT2D eigenvalue weighted by Gasteiger charge is -2.26. The molecule has 0 aliphatic carbocycles. The van der Waals surface area contributed by atoms with Crippen molar-refractivity contribution in [1.29, 1.82) is 0 Å². The van der Waals surface area contributed by atoms with Crippen molar-refractivity contribution in [3.8, 4) is 0 Å². The molecule has 0 radical (unpaired) electrons. The highest BCUT2D eigenvalue weighted by atomic mass is 35.5. The Morgan fingerprint density at radius 3 is 2.08 bits per heavy atom. The van der Waals surface area contributed by atoms with Crippen LogP contribution in [0.25, 0.3) is 0 Å². The Kier molecular flexibility index (Phi) is 6.03. The highest BCUT2D eigenvalue weighted by molar-refractivity contribution is 6.30. The number of carbonyl (C=O) groups excluding carboxylic acids is 1. The Bertz CT molecular complexity index is 723. The molecule has 2 rings (SSSR count). The molecule has 128 valence electrons. The van der Waals surface area contributed by atoms with Gasteiger partial charge >= 0.3 is 0 Å². The SMILES string of the molecule is Cc1cc(C)c(C(=O)N(CCN(C)C)c2ccc(Cl)cc2)cc1C. The van der Waals surface area contributed by atoms with Gasteiger partial charge in [-0.3, -0.25) is 4.79 Å². The first-order chi connectivity index (χ1) is 11.3. The van der Waals surface area contributed by atoms with E-state index in [2.05, 4.69) is 17.9 Å². The third-order valence-electron chi connectivity index (χ3n) is 4.23. The number of likely N-dealkylation sites (N-methyl/N-ethyl adjacent to an activating group) is 1. The minimum absolute atomic E-state index is 0.0276. The summed E-state index contributed by atoms with van der Waals surface area (Å²) in [4.78, 5) is 17.1. The second-order valence-corrected chi connectivity index (χ2v) is 6.92. The van der Waals surface area contributed by atoms with Crippen molar-refractivity contribution in [2.24, 2.45) is 0 Å². The van der Waals surface area contributed by atoms with Gasteiger partial charge in [0.05, 0.1) is 0 Å². The molecule has 0 aromatic heterocycles. The summed E-state index contributed by atoms with van der Waals surface area (Å²) in [6.45, 7) is 7.52. The Morgan fingerprint density at radius 2 is 1.50 bits per heavy atom. The summed E-state index contributed by atoms with van der Waals surface area (Å²) >= 11 is 5.99. The average molecular weight is 345 g/mol. The van der Waals surface area contributed by atoms with Gasteiger partial charge in [0, 0.05) is 29.4 Å². The van der Waals surface area contributed by atoms with Crippen LogP contribution in [-0.4, -0.2) is 38.0 Å². The zero-order valence-electron chi connectivity index (χ0n) is 15.1. The van der Waals surface area contributed by atoms with Gasteiger partial charge in [-0.25, -0.2) is 0 Å². The van der Waals surface area contributed by atoms with Crippen LogP contribution in [0.5, 0.6) is 0 Å². The van der Waals surface area contributed by atoms with Crippen molar-refractivity contribution in [2.75, 3.05) is 32.1 Å². The largest absolute Gasteiger partial charge is 0.308 e. The van der Waals surface area contributed by atoms with E-state index >= 15 is 0 Å². The summed E-state index contributed by atoms with van der Waals surface area (Å²) in [5.41, 5.74) is 4.96. The zero-order chi connectivity index (χ0) is 17.9. The van der Waals surface area contributed by atoms with Gasteiger partial charge in [0.1, 0.15) is 0 Å². The smallest absolute Gasteiger partial charge is 0.258 e. The summed E-state index contributed by atoms with van der Waals surface area (Å²) in [6.07, 6.45) is 0. The van der Waals surface area contributed by atoms with E-state index in [1.165, 1.54) is 5.56 Å². The number of rotatable bonds is 5. The van der Waals surface area contributed by atoms with Gasteiger partial charge in [-0.15, -0.1) is 0 Å². The highest BCUT2D eigenvalue weighted by Crippen LogP contribution is 2.23. The normalized spacial score (nSPS) is 11.0. The Morgan fingerprint density at radius 1 is 0.917 bits per heavy atom. The van der Waals surface area contributed by atoms with Crippen LogP contribution >= 0.6 is 11.6 Å². The average Bonchev–Trinajstić information content (AvgIpc) is 2.52. The van der Waals surface area contributed by atoms with Gasteiger partial charge in [0.15, 0.2) is 0 Å². The molecule has 0 fully saturated rings. The van der Waals surface area contributed by atoms with Crippen molar-refractivity contribution < 1.29 is 4.79 Å². The first kappa shape index (κ1) is 18.5. The van der Waals surface area contributed by atoms with Gasteiger partial charge in [-0.1, -0.05) is 17.7 Å². The lowest BCUT2D eigenvalue weighted by atomic mass is 9.99.